The van der Waals surface area contributed by atoms with Gasteiger partial charge in [0.25, 0.3) is 5.91 Å². The van der Waals surface area contributed by atoms with Gasteiger partial charge in [-0.3, -0.25) is 9.59 Å². The third-order valence-electron chi connectivity index (χ3n) is 6.66. The lowest BCUT2D eigenvalue weighted by atomic mass is 9.87. The number of carbonyl (C=O) groups excluding carboxylic acids is 2. The summed E-state index contributed by atoms with van der Waals surface area (Å²) in [5, 5.41) is 4.17. The Kier molecular flexibility index (Phi) is 5.81. The van der Waals surface area contributed by atoms with Crippen LogP contribution >= 0.6 is 11.3 Å². The number of benzene rings is 1. The normalized spacial score (nSPS) is 20.3. The van der Waals surface area contributed by atoms with Gasteiger partial charge in [-0.1, -0.05) is 25.3 Å². The van der Waals surface area contributed by atoms with Gasteiger partial charge in [0.1, 0.15) is 4.88 Å². The predicted molar refractivity (Wildman–Crippen MR) is 119 cm³/mol. The van der Waals surface area contributed by atoms with Crippen molar-refractivity contribution in [2.45, 2.75) is 64.8 Å². The summed E-state index contributed by atoms with van der Waals surface area (Å²) in [7, 11) is 0. The third-order valence-corrected chi connectivity index (χ3v) is 7.82. The zero-order valence-electron chi connectivity index (χ0n) is 17.4. The molecule has 1 aromatic heterocycles. The Bertz CT molecular complexity index is 930. The molecule has 1 aliphatic heterocycles. The van der Waals surface area contributed by atoms with Crippen molar-refractivity contribution in [3.05, 3.63) is 28.1 Å². The summed E-state index contributed by atoms with van der Waals surface area (Å²) in [5.74, 6) is 0.668. The average molecular weight is 414 g/mol. The Hall–Kier alpha value is -2.08. The van der Waals surface area contributed by atoms with Crippen molar-refractivity contribution < 1.29 is 9.59 Å². The maximum Gasteiger partial charge on any atom is 0.266 e. The first-order valence-electron chi connectivity index (χ1n) is 10.8. The molecule has 0 spiro atoms. The topological polar surface area (TPSA) is 75.4 Å². The van der Waals surface area contributed by atoms with Crippen LogP contribution in [0.15, 0.2) is 12.1 Å². The number of rotatable bonds is 4. The molecule has 2 fully saturated rings. The summed E-state index contributed by atoms with van der Waals surface area (Å²) in [4.78, 5) is 28.0. The third kappa shape index (κ3) is 4.13. The molecule has 1 atom stereocenters. The number of fused-ring (bicyclic) bond motifs is 1. The molecule has 4 rings (SSSR count). The minimum Gasteiger partial charge on any atom is -0.397 e. The number of amides is 2. The maximum atomic E-state index is 13.1. The van der Waals surface area contributed by atoms with Crippen LogP contribution in [0.2, 0.25) is 0 Å². The quantitative estimate of drug-likeness (QED) is 0.780. The van der Waals surface area contributed by atoms with Gasteiger partial charge in [-0.2, -0.15) is 0 Å². The Morgan fingerprint density at radius 2 is 1.93 bits per heavy atom. The fourth-order valence-corrected chi connectivity index (χ4v) is 5.94. The maximum absolute atomic E-state index is 13.1. The average Bonchev–Trinajstić information content (AvgIpc) is 3.30. The number of nitrogens with one attached hydrogen (secondary N) is 1. The van der Waals surface area contributed by atoms with Crippen LogP contribution in [0.25, 0.3) is 10.1 Å². The second-order valence-electron chi connectivity index (χ2n) is 8.74. The van der Waals surface area contributed by atoms with Crippen molar-refractivity contribution in [1.29, 1.82) is 0 Å². The number of nitrogen functional groups attached to an aromatic ring is 1. The molecule has 1 unspecified atom stereocenters. The highest BCUT2D eigenvalue weighted by atomic mass is 32.1. The number of aryl methyl sites for hydroxylation is 2. The second kappa shape index (κ2) is 8.34. The standard InChI is InChI=1S/C23H31N3O2S/c1-14-8-9-18-20(15(14)2)21(24)22(29-18)23(28)26-11-10-17(13-26)25-19(27)12-16-6-4-3-5-7-16/h8-9,16-17H,3-7,10-13,24H2,1-2H3,(H,25,27). The molecule has 2 amide bonds. The monoisotopic (exact) mass is 413 g/mol. The Labute approximate surface area is 176 Å². The van der Waals surface area contributed by atoms with E-state index in [0.717, 1.165) is 22.1 Å². The van der Waals surface area contributed by atoms with Crippen LogP contribution in [0.3, 0.4) is 0 Å². The molecule has 1 aliphatic carbocycles. The van der Waals surface area contributed by atoms with Crippen LogP contribution in [0.5, 0.6) is 0 Å². The van der Waals surface area contributed by atoms with Gasteiger partial charge in [0.15, 0.2) is 0 Å². The van der Waals surface area contributed by atoms with E-state index in [1.807, 2.05) is 11.0 Å². The van der Waals surface area contributed by atoms with E-state index >= 15 is 0 Å². The van der Waals surface area contributed by atoms with Gasteiger partial charge in [0.2, 0.25) is 5.91 Å². The molecule has 2 aromatic rings. The van der Waals surface area contributed by atoms with Crippen LogP contribution in [0, 0.1) is 19.8 Å². The van der Waals surface area contributed by atoms with Gasteiger partial charge in [-0.05, 0) is 56.2 Å². The van der Waals surface area contributed by atoms with Gasteiger partial charge in [-0.25, -0.2) is 0 Å². The highest BCUT2D eigenvalue weighted by molar-refractivity contribution is 7.21. The van der Waals surface area contributed by atoms with E-state index in [2.05, 4.69) is 25.2 Å². The van der Waals surface area contributed by atoms with Crippen LogP contribution < -0.4 is 11.1 Å². The van der Waals surface area contributed by atoms with Crippen LogP contribution in [-0.2, 0) is 4.79 Å². The number of nitrogens with two attached hydrogens (primary N) is 1. The van der Waals surface area contributed by atoms with E-state index in [9.17, 15) is 9.59 Å². The molecule has 156 valence electrons. The first-order chi connectivity index (χ1) is 13.9. The Balaban J connectivity index is 1.39. The summed E-state index contributed by atoms with van der Waals surface area (Å²) >= 11 is 1.48. The Morgan fingerprint density at radius 1 is 1.17 bits per heavy atom. The summed E-state index contributed by atoms with van der Waals surface area (Å²) in [6, 6.07) is 4.18. The largest absolute Gasteiger partial charge is 0.397 e. The van der Waals surface area contributed by atoms with Crippen LogP contribution in [0.4, 0.5) is 5.69 Å². The number of nitrogens with zero attached hydrogens (tertiary/aromatic N) is 1. The molecule has 0 bridgehead atoms. The molecule has 6 heteroatoms. The summed E-state index contributed by atoms with van der Waals surface area (Å²) in [5.41, 5.74) is 9.31. The first kappa shape index (κ1) is 20.2. The lowest BCUT2D eigenvalue weighted by Gasteiger charge is -2.22. The minimum absolute atomic E-state index is 0.00946. The summed E-state index contributed by atoms with van der Waals surface area (Å²) in [6.45, 7) is 5.36. The lowest BCUT2D eigenvalue weighted by Crippen LogP contribution is -2.39. The molecular formula is C23H31N3O2S. The molecule has 1 aromatic carbocycles. The molecular weight excluding hydrogens is 382 g/mol. The van der Waals surface area contributed by atoms with Gasteiger partial charge in [-0.15, -0.1) is 11.3 Å². The van der Waals surface area contributed by atoms with Crippen LogP contribution in [-0.4, -0.2) is 35.8 Å². The van der Waals surface area contributed by atoms with Crippen molar-refractivity contribution in [2.75, 3.05) is 18.8 Å². The molecule has 0 radical (unpaired) electrons. The molecule has 29 heavy (non-hydrogen) atoms. The molecule has 2 heterocycles. The van der Waals surface area contributed by atoms with Crippen molar-refractivity contribution in [2.24, 2.45) is 5.92 Å². The zero-order valence-corrected chi connectivity index (χ0v) is 18.2. The summed E-state index contributed by atoms with van der Waals surface area (Å²) in [6.07, 6.45) is 7.59. The molecule has 1 saturated carbocycles. The SMILES string of the molecule is Cc1ccc2sc(C(=O)N3CCC(NC(=O)CC4CCCCC4)C3)c(N)c2c1C. The van der Waals surface area contributed by atoms with Gasteiger partial charge in [0.05, 0.1) is 5.69 Å². The molecule has 1 saturated heterocycles. The smallest absolute Gasteiger partial charge is 0.266 e. The highest BCUT2D eigenvalue weighted by Gasteiger charge is 2.31. The second-order valence-corrected chi connectivity index (χ2v) is 9.79. The van der Waals surface area contributed by atoms with Crippen molar-refractivity contribution in [3.63, 3.8) is 0 Å². The number of carbonyl (C=O) groups is 2. The fraction of sp³-hybridized carbons (Fsp3) is 0.565. The molecule has 2 aliphatic rings. The van der Waals surface area contributed by atoms with E-state index in [-0.39, 0.29) is 17.9 Å². The Morgan fingerprint density at radius 3 is 2.69 bits per heavy atom. The number of anilines is 1. The number of likely N-dealkylation sites (tertiary alicyclic amines) is 1. The van der Waals surface area contributed by atoms with Crippen molar-refractivity contribution in [1.82, 2.24) is 10.2 Å². The number of hydrogen-bond acceptors (Lipinski definition) is 4. The fourth-order valence-electron chi connectivity index (χ4n) is 4.79. The van der Waals surface area contributed by atoms with E-state index in [1.54, 1.807) is 0 Å². The van der Waals surface area contributed by atoms with E-state index in [1.165, 1.54) is 49.0 Å². The predicted octanol–water partition coefficient (Wildman–Crippen LogP) is 4.40. The van der Waals surface area contributed by atoms with Gasteiger partial charge in [0, 0.05) is 35.6 Å². The summed E-state index contributed by atoms with van der Waals surface area (Å²) < 4.78 is 1.06. The molecule has 5 nitrogen and oxygen atoms in total. The van der Waals surface area contributed by atoms with Crippen molar-refractivity contribution >= 4 is 38.9 Å². The van der Waals surface area contributed by atoms with Crippen LogP contribution in [0.1, 0.15) is 65.7 Å². The highest BCUT2D eigenvalue weighted by Crippen LogP contribution is 2.38. The number of thiophene rings is 1. The van der Waals surface area contributed by atoms with Gasteiger partial charge >= 0.3 is 0 Å². The van der Waals surface area contributed by atoms with E-state index in [4.69, 9.17) is 5.73 Å². The van der Waals surface area contributed by atoms with E-state index < -0.39 is 0 Å². The zero-order chi connectivity index (χ0) is 20.5. The van der Waals surface area contributed by atoms with Gasteiger partial charge < -0.3 is 16.0 Å². The van der Waals surface area contributed by atoms with E-state index in [0.29, 0.717) is 36.0 Å². The number of hydrogen-bond donors (Lipinski definition) is 2. The molecule has 3 N–H and O–H groups in total. The minimum atomic E-state index is -0.00946. The first-order valence-corrected chi connectivity index (χ1v) is 11.6. The lowest BCUT2D eigenvalue weighted by molar-refractivity contribution is -0.122. The van der Waals surface area contributed by atoms with Crippen molar-refractivity contribution in [3.8, 4) is 0 Å².